The maximum Gasteiger partial charge on any atom is 0.240 e. The molecule has 1 aliphatic rings. The van der Waals surface area contributed by atoms with Crippen LogP contribution in [0.3, 0.4) is 0 Å². The highest BCUT2D eigenvalue weighted by molar-refractivity contribution is 5.83. The fourth-order valence-corrected chi connectivity index (χ4v) is 4.17. The van der Waals surface area contributed by atoms with Crippen LogP contribution >= 0.6 is 0 Å². The number of aliphatic hydroxyl groups is 2. The molecule has 0 spiro atoms. The van der Waals surface area contributed by atoms with Gasteiger partial charge in [0.15, 0.2) is 17.7 Å². The number of imidazole rings is 1. The van der Waals surface area contributed by atoms with E-state index in [1.165, 1.54) is 17.6 Å². The van der Waals surface area contributed by atoms with Gasteiger partial charge in [-0.25, -0.2) is 15.0 Å². The second kappa shape index (κ2) is 9.75. The van der Waals surface area contributed by atoms with E-state index in [-0.39, 0.29) is 18.3 Å². The number of anilines is 1. The molecule has 0 saturated carbocycles. The fraction of sp³-hybridized carbons (Fsp3) is 0.476. The minimum absolute atomic E-state index is 0.146. The summed E-state index contributed by atoms with van der Waals surface area (Å²) >= 11 is 0. The first kappa shape index (κ1) is 23.0. The number of pyridine rings is 1. The molecule has 4 rings (SSSR count). The monoisotopic (exact) mass is 456 g/mol. The third-order valence-corrected chi connectivity index (χ3v) is 5.81. The van der Waals surface area contributed by atoms with Gasteiger partial charge >= 0.3 is 0 Å². The summed E-state index contributed by atoms with van der Waals surface area (Å²) in [5.41, 5.74) is 13.6. The summed E-state index contributed by atoms with van der Waals surface area (Å²) in [4.78, 5) is 31.6. The van der Waals surface area contributed by atoms with Crippen LogP contribution in [0.4, 0.5) is 5.82 Å². The highest BCUT2D eigenvalue weighted by Gasteiger charge is 2.49. The van der Waals surface area contributed by atoms with E-state index in [4.69, 9.17) is 16.2 Å². The number of amides is 1. The molecule has 0 aliphatic carbocycles. The second-order valence-electron chi connectivity index (χ2n) is 8.03. The van der Waals surface area contributed by atoms with Gasteiger partial charge in [0.2, 0.25) is 5.91 Å². The van der Waals surface area contributed by atoms with Gasteiger partial charge in [-0.15, -0.1) is 0 Å². The van der Waals surface area contributed by atoms with Crippen LogP contribution in [0.1, 0.15) is 31.6 Å². The standard InChI is InChI=1S/C21H28N8O4/c1-2-4-13(22)20(32)28(8-12-5-3-6-24-7-12)16-17(31)14(9-30)33-21(16)29-11-27-15-18(23)25-10-26-19(15)29/h3,5-7,10-11,13-14,16-17,21,30-31H,2,4,8-9,22H2,1H3,(H2,23,25,26)/t13?,14-,16?,17?,21-/m1/s1. The molecule has 6 N–H and O–H groups in total. The van der Waals surface area contributed by atoms with E-state index in [2.05, 4.69) is 19.9 Å². The van der Waals surface area contributed by atoms with Crippen molar-refractivity contribution in [1.82, 2.24) is 29.4 Å². The maximum atomic E-state index is 13.5. The summed E-state index contributed by atoms with van der Waals surface area (Å²) in [6, 6.07) is 1.96. The molecular weight excluding hydrogens is 428 g/mol. The number of nitrogens with zero attached hydrogens (tertiary/aromatic N) is 6. The Labute approximate surface area is 190 Å². The fourth-order valence-electron chi connectivity index (χ4n) is 4.17. The number of hydrogen-bond donors (Lipinski definition) is 4. The smallest absolute Gasteiger partial charge is 0.240 e. The summed E-state index contributed by atoms with van der Waals surface area (Å²) in [6.07, 6.45) is 4.25. The summed E-state index contributed by atoms with van der Waals surface area (Å²) < 4.78 is 7.60. The van der Waals surface area contributed by atoms with Crippen LogP contribution in [0.2, 0.25) is 0 Å². The first-order valence-electron chi connectivity index (χ1n) is 10.8. The second-order valence-corrected chi connectivity index (χ2v) is 8.03. The molecule has 0 radical (unpaired) electrons. The SMILES string of the molecule is CCCC(N)C(=O)N(Cc1cccnc1)C1C(O)[C@@H](CO)O[C@H]1n1cnc2c(N)ncnc21. The van der Waals surface area contributed by atoms with Gasteiger partial charge in [-0.2, -0.15) is 0 Å². The van der Waals surface area contributed by atoms with Crippen LogP contribution in [0, 0.1) is 0 Å². The molecule has 3 unspecified atom stereocenters. The minimum Gasteiger partial charge on any atom is -0.394 e. The zero-order chi connectivity index (χ0) is 23.5. The van der Waals surface area contributed by atoms with Crippen LogP contribution in [-0.4, -0.2) is 76.4 Å². The molecule has 12 nitrogen and oxygen atoms in total. The normalized spacial score (nSPS) is 23.6. The highest BCUT2D eigenvalue weighted by atomic mass is 16.5. The lowest BCUT2D eigenvalue weighted by atomic mass is 10.0. The Hall–Kier alpha value is -3.19. The van der Waals surface area contributed by atoms with Crippen molar-refractivity contribution in [2.75, 3.05) is 12.3 Å². The predicted molar refractivity (Wildman–Crippen MR) is 118 cm³/mol. The van der Waals surface area contributed by atoms with E-state index < -0.39 is 37.1 Å². The zero-order valence-corrected chi connectivity index (χ0v) is 18.2. The molecule has 176 valence electrons. The average Bonchev–Trinajstić information content (AvgIpc) is 3.39. The lowest BCUT2D eigenvalue weighted by Crippen LogP contribution is -2.54. The summed E-state index contributed by atoms with van der Waals surface area (Å²) in [5, 5.41) is 21.0. The van der Waals surface area contributed by atoms with Crippen LogP contribution < -0.4 is 11.5 Å². The van der Waals surface area contributed by atoms with Gasteiger partial charge in [0.25, 0.3) is 0 Å². The van der Waals surface area contributed by atoms with Crippen LogP contribution in [-0.2, 0) is 16.1 Å². The summed E-state index contributed by atoms with van der Waals surface area (Å²) in [6.45, 7) is 1.65. The number of rotatable bonds is 8. The van der Waals surface area contributed by atoms with Gasteiger partial charge in [0.05, 0.1) is 19.0 Å². The predicted octanol–water partition coefficient (Wildman–Crippen LogP) is -0.421. The Morgan fingerprint density at radius 3 is 2.88 bits per heavy atom. The molecule has 12 heteroatoms. The number of fused-ring (bicyclic) bond motifs is 1. The number of nitrogen functional groups attached to an aromatic ring is 1. The van der Waals surface area contributed by atoms with Crippen molar-refractivity contribution in [1.29, 1.82) is 0 Å². The van der Waals surface area contributed by atoms with Gasteiger partial charge in [-0.3, -0.25) is 14.3 Å². The Kier molecular flexibility index (Phi) is 6.79. The number of nitrogens with two attached hydrogens (primary N) is 2. The number of carbonyl (C=O) groups is 1. The van der Waals surface area contributed by atoms with Crippen molar-refractivity contribution in [3.63, 3.8) is 0 Å². The van der Waals surface area contributed by atoms with E-state index in [0.29, 0.717) is 17.6 Å². The number of aromatic nitrogens is 5. The number of hydrogen-bond acceptors (Lipinski definition) is 10. The first-order valence-corrected chi connectivity index (χ1v) is 10.8. The van der Waals surface area contributed by atoms with Gasteiger partial charge in [0, 0.05) is 18.9 Å². The van der Waals surface area contributed by atoms with E-state index in [1.807, 2.05) is 13.0 Å². The molecule has 1 fully saturated rings. The quantitative estimate of drug-likeness (QED) is 0.348. The Morgan fingerprint density at radius 2 is 2.18 bits per heavy atom. The average molecular weight is 457 g/mol. The molecule has 0 aromatic carbocycles. The van der Waals surface area contributed by atoms with Crippen molar-refractivity contribution >= 4 is 22.9 Å². The highest BCUT2D eigenvalue weighted by Crippen LogP contribution is 2.36. The van der Waals surface area contributed by atoms with Crippen molar-refractivity contribution in [3.05, 3.63) is 42.7 Å². The van der Waals surface area contributed by atoms with Crippen molar-refractivity contribution in [3.8, 4) is 0 Å². The van der Waals surface area contributed by atoms with Gasteiger partial charge in [-0.05, 0) is 18.1 Å². The van der Waals surface area contributed by atoms with Gasteiger partial charge in [0.1, 0.15) is 30.1 Å². The summed E-state index contributed by atoms with van der Waals surface area (Å²) in [7, 11) is 0. The maximum absolute atomic E-state index is 13.5. The lowest BCUT2D eigenvalue weighted by molar-refractivity contribution is -0.140. The Balaban J connectivity index is 1.78. The van der Waals surface area contributed by atoms with E-state index >= 15 is 0 Å². The zero-order valence-electron chi connectivity index (χ0n) is 18.2. The van der Waals surface area contributed by atoms with Crippen LogP contribution in [0.25, 0.3) is 11.2 Å². The topological polar surface area (TPSA) is 179 Å². The number of aliphatic hydroxyl groups excluding tert-OH is 2. The third kappa shape index (κ3) is 4.37. The van der Waals surface area contributed by atoms with Crippen LogP contribution in [0.15, 0.2) is 37.2 Å². The van der Waals surface area contributed by atoms with Crippen molar-refractivity contribution in [2.24, 2.45) is 5.73 Å². The van der Waals surface area contributed by atoms with Crippen LogP contribution in [0.5, 0.6) is 0 Å². The third-order valence-electron chi connectivity index (χ3n) is 5.81. The van der Waals surface area contributed by atoms with E-state index in [1.54, 1.807) is 23.0 Å². The molecule has 1 saturated heterocycles. The molecule has 3 aromatic rings. The Morgan fingerprint density at radius 1 is 1.36 bits per heavy atom. The largest absolute Gasteiger partial charge is 0.394 e. The molecule has 3 aromatic heterocycles. The van der Waals surface area contributed by atoms with E-state index in [0.717, 1.165) is 12.0 Å². The molecule has 5 atom stereocenters. The van der Waals surface area contributed by atoms with Crippen molar-refractivity contribution < 1.29 is 19.7 Å². The van der Waals surface area contributed by atoms with Crippen molar-refractivity contribution in [2.45, 2.75) is 56.8 Å². The van der Waals surface area contributed by atoms with E-state index in [9.17, 15) is 15.0 Å². The van der Waals surface area contributed by atoms with Gasteiger partial charge in [-0.1, -0.05) is 19.4 Å². The Bertz CT molecular complexity index is 1090. The summed E-state index contributed by atoms with van der Waals surface area (Å²) in [5.74, 6) is -0.142. The number of ether oxygens (including phenoxy) is 1. The molecule has 0 bridgehead atoms. The minimum atomic E-state index is -1.19. The molecular formula is C21H28N8O4. The van der Waals surface area contributed by atoms with Gasteiger partial charge < -0.3 is 31.3 Å². The molecule has 33 heavy (non-hydrogen) atoms. The molecule has 4 heterocycles. The number of carbonyl (C=O) groups excluding carboxylic acids is 1. The molecule has 1 amide bonds. The molecule has 1 aliphatic heterocycles. The first-order chi connectivity index (χ1) is 16.0. The lowest BCUT2D eigenvalue weighted by Gasteiger charge is -2.35.